The van der Waals surface area contributed by atoms with E-state index in [1.54, 1.807) is 6.08 Å². The molecule has 2 aromatic carbocycles. The van der Waals surface area contributed by atoms with Gasteiger partial charge in [-0.05, 0) is 88.6 Å². The normalized spacial score (nSPS) is 9.33. The van der Waals surface area contributed by atoms with Crippen molar-refractivity contribution < 1.29 is 0 Å². The lowest BCUT2D eigenvalue weighted by Gasteiger charge is -2.15. The predicted molar refractivity (Wildman–Crippen MR) is 221 cm³/mol. The zero-order valence-corrected chi connectivity index (χ0v) is 32.6. The summed E-state index contributed by atoms with van der Waals surface area (Å²) in [7, 11) is 1.89. The second kappa shape index (κ2) is 37.3. The lowest BCUT2D eigenvalue weighted by Crippen LogP contribution is -2.08. The highest BCUT2D eigenvalue weighted by Gasteiger charge is 2.09. The summed E-state index contributed by atoms with van der Waals surface area (Å²) in [6, 6.07) is 15.1. The molecule has 0 aromatic heterocycles. The standard InChI is InChI=1S/C18H23N.C11H14.C7H14.C3H6.2C2H6.C2H4/c1-6-9-18(17(8-3)14(4)19-5)16-12-10-15(7-2)11-13-16;1-8(2)11-7-9(3)5-6-10(11)4;1-4-5-6-7(2)3;1-3-2;3*1-2/h6,8-13,19H,1,4,7H2,2-3,5H3;5-7H,1H2,2-4H3;2,4-6H2,1,3H3;3H,1H2,2H3;2*1-2H3;1-2H2/b17-8-,18-9-;;;;;;. The van der Waals surface area contributed by atoms with Crippen LogP contribution < -0.4 is 5.32 Å². The number of likely N-dealkylation sites (N-methyl/N-ethyl adjacent to an activating group) is 1. The van der Waals surface area contributed by atoms with Crippen molar-refractivity contribution in [1.29, 1.82) is 0 Å². The summed E-state index contributed by atoms with van der Waals surface area (Å²) in [5.74, 6) is 0. The van der Waals surface area contributed by atoms with Gasteiger partial charge < -0.3 is 5.32 Å². The van der Waals surface area contributed by atoms with Gasteiger partial charge >= 0.3 is 0 Å². The fraction of sp³-hybridized carbons (Fsp3) is 0.378. The van der Waals surface area contributed by atoms with E-state index >= 15 is 0 Å². The highest BCUT2D eigenvalue weighted by molar-refractivity contribution is 5.84. The quantitative estimate of drug-likeness (QED) is 0.204. The van der Waals surface area contributed by atoms with E-state index in [9.17, 15) is 0 Å². The van der Waals surface area contributed by atoms with Gasteiger partial charge in [-0.15, -0.1) is 26.3 Å². The maximum Gasteiger partial charge on any atom is 0.0341 e. The molecule has 0 amide bonds. The fourth-order valence-corrected chi connectivity index (χ4v) is 3.68. The molecule has 1 nitrogen and oxygen atoms in total. The van der Waals surface area contributed by atoms with Gasteiger partial charge in [0.15, 0.2) is 0 Å². The Morgan fingerprint density at radius 2 is 1.33 bits per heavy atom. The number of rotatable bonds is 10. The van der Waals surface area contributed by atoms with Gasteiger partial charge in [0.25, 0.3) is 0 Å². The van der Waals surface area contributed by atoms with E-state index in [0.29, 0.717) is 0 Å². The molecule has 0 radical (unpaired) electrons. The van der Waals surface area contributed by atoms with Crippen LogP contribution in [0.5, 0.6) is 0 Å². The lowest BCUT2D eigenvalue weighted by molar-refractivity contribution is 0.789. The molecule has 1 N–H and O–H groups in total. The second-order valence-electron chi connectivity index (χ2n) is 9.87. The van der Waals surface area contributed by atoms with Gasteiger partial charge in [-0.2, -0.15) is 0 Å². The number of hydrogen-bond acceptors (Lipinski definition) is 1. The van der Waals surface area contributed by atoms with E-state index in [1.165, 1.54) is 52.7 Å². The van der Waals surface area contributed by atoms with Gasteiger partial charge in [-0.1, -0.05) is 151 Å². The van der Waals surface area contributed by atoms with Crippen LogP contribution in [0.1, 0.15) is 116 Å². The third-order valence-corrected chi connectivity index (χ3v) is 5.97. The van der Waals surface area contributed by atoms with Gasteiger partial charge in [0.1, 0.15) is 0 Å². The summed E-state index contributed by atoms with van der Waals surface area (Å²) in [4.78, 5) is 0. The van der Waals surface area contributed by atoms with Crippen molar-refractivity contribution in [2.24, 2.45) is 0 Å². The SMILES string of the molecule is C=C.C=C(C)CCCC.C=C(C)c1cc(C)ccc1C.C=C/C=C(\C(=C/C)C(=C)NC)c1ccc(CC)cc1.C=CC.CC.CC. The van der Waals surface area contributed by atoms with Crippen LogP contribution in [0.4, 0.5) is 0 Å². The van der Waals surface area contributed by atoms with Gasteiger partial charge in [0.2, 0.25) is 0 Å². The molecule has 0 saturated heterocycles. The summed E-state index contributed by atoms with van der Waals surface area (Å²) in [5, 5.41) is 3.11. The first-order valence-corrected chi connectivity index (χ1v) is 16.9. The molecular formula is C45H73N. The molecule has 0 atom stereocenters. The Kier molecular flexibility index (Phi) is 42.0. The Bertz CT molecular complexity index is 1140. The summed E-state index contributed by atoms with van der Waals surface area (Å²) in [6.45, 7) is 49.6. The van der Waals surface area contributed by atoms with Gasteiger partial charge in [-0.3, -0.25) is 0 Å². The van der Waals surface area contributed by atoms with E-state index in [1.807, 2.05) is 67.7 Å². The van der Waals surface area contributed by atoms with Crippen molar-refractivity contribution in [2.45, 2.75) is 109 Å². The van der Waals surface area contributed by atoms with Crippen molar-refractivity contribution in [2.75, 3.05) is 7.05 Å². The number of unbranched alkanes of at least 4 members (excludes halogenated alkanes) is 1. The molecule has 0 unspecified atom stereocenters. The van der Waals surface area contributed by atoms with Gasteiger partial charge in [0, 0.05) is 18.3 Å². The highest BCUT2D eigenvalue weighted by Crippen LogP contribution is 2.27. The second-order valence-corrected chi connectivity index (χ2v) is 9.87. The molecule has 0 spiro atoms. The maximum atomic E-state index is 4.05. The molecule has 0 aliphatic carbocycles. The number of nitrogens with one attached hydrogen (secondary N) is 1. The van der Waals surface area contributed by atoms with Crippen LogP contribution >= 0.6 is 0 Å². The van der Waals surface area contributed by atoms with E-state index in [4.69, 9.17) is 0 Å². The smallest absolute Gasteiger partial charge is 0.0341 e. The van der Waals surface area contributed by atoms with Crippen LogP contribution in [0.15, 0.2) is 130 Å². The minimum Gasteiger partial charge on any atom is -0.388 e. The summed E-state index contributed by atoms with van der Waals surface area (Å²) in [6.07, 6.45) is 12.5. The topological polar surface area (TPSA) is 12.0 Å². The van der Waals surface area contributed by atoms with E-state index in [2.05, 4.69) is 135 Å². The molecule has 46 heavy (non-hydrogen) atoms. The number of aryl methyl sites for hydroxylation is 3. The molecular weight excluding hydrogens is 555 g/mol. The van der Waals surface area contributed by atoms with Gasteiger partial charge in [-0.25, -0.2) is 0 Å². The molecule has 0 bridgehead atoms. The maximum absolute atomic E-state index is 4.05. The zero-order valence-electron chi connectivity index (χ0n) is 32.6. The molecule has 1 heteroatoms. The fourth-order valence-electron chi connectivity index (χ4n) is 3.68. The highest BCUT2D eigenvalue weighted by atomic mass is 14.8. The minimum atomic E-state index is 0.912. The predicted octanol–water partition coefficient (Wildman–Crippen LogP) is 14.6. The largest absolute Gasteiger partial charge is 0.388 e. The Morgan fingerprint density at radius 3 is 1.63 bits per heavy atom. The van der Waals surface area contributed by atoms with E-state index in [-0.39, 0.29) is 0 Å². The Morgan fingerprint density at radius 1 is 0.826 bits per heavy atom. The minimum absolute atomic E-state index is 0.912. The van der Waals surface area contributed by atoms with Crippen molar-refractivity contribution in [1.82, 2.24) is 5.32 Å². The van der Waals surface area contributed by atoms with Crippen LogP contribution in [0.3, 0.4) is 0 Å². The summed E-state index contributed by atoms with van der Waals surface area (Å²) < 4.78 is 0. The molecule has 0 saturated carbocycles. The third-order valence-electron chi connectivity index (χ3n) is 5.97. The molecule has 258 valence electrons. The number of allylic oxidation sites excluding steroid dienone is 7. The van der Waals surface area contributed by atoms with Gasteiger partial charge in [0.05, 0.1) is 0 Å². The molecule has 0 aliphatic heterocycles. The first-order valence-electron chi connectivity index (χ1n) is 16.9. The third kappa shape index (κ3) is 26.6. The van der Waals surface area contributed by atoms with Crippen molar-refractivity contribution in [3.63, 3.8) is 0 Å². The molecule has 2 rings (SSSR count). The van der Waals surface area contributed by atoms with E-state index < -0.39 is 0 Å². The van der Waals surface area contributed by atoms with Crippen LogP contribution in [0, 0.1) is 13.8 Å². The Balaban J connectivity index is -0.000000176. The van der Waals surface area contributed by atoms with Crippen LogP contribution in [-0.4, -0.2) is 7.05 Å². The first kappa shape index (κ1) is 51.7. The number of benzene rings is 2. The molecule has 2 aromatic rings. The molecule has 0 aliphatic rings. The van der Waals surface area contributed by atoms with Crippen molar-refractivity contribution in [3.05, 3.63) is 157 Å². The Labute approximate surface area is 289 Å². The monoisotopic (exact) mass is 628 g/mol. The lowest BCUT2D eigenvalue weighted by atomic mass is 9.94. The van der Waals surface area contributed by atoms with Crippen LogP contribution in [0.2, 0.25) is 0 Å². The molecule has 0 heterocycles. The summed E-state index contributed by atoms with van der Waals surface area (Å²) in [5.41, 5.74) is 12.0. The number of hydrogen-bond donors (Lipinski definition) is 1. The van der Waals surface area contributed by atoms with Crippen LogP contribution in [0.25, 0.3) is 11.1 Å². The summed E-state index contributed by atoms with van der Waals surface area (Å²) >= 11 is 0. The van der Waals surface area contributed by atoms with Crippen molar-refractivity contribution in [3.8, 4) is 0 Å². The average molecular weight is 628 g/mol. The van der Waals surface area contributed by atoms with Crippen molar-refractivity contribution >= 4 is 11.1 Å². The Hall–Kier alpha value is -3.84. The first-order chi connectivity index (χ1) is 22.0. The molecule has 0 fully saturated rings. The van der Waals surface area contributed by atoms with Crippen LogP contribution in [-0.2, 0) is 6.42 Å². The average Bonchev–Trinajstić information content (AvgIpc) is 3.08. The zero-order chi connectivity index (χ0) is 37.1. The van der Waals surface area contributed by atoms with E-state index in [0.717, 1.165) is 28.8 Å².